The van der Waals surface area contributed by atoms with Crippen LogP contribution in [0.1, 0.15) is 26.3 Å². The first-order chi connectivity index (χ1) is 13.1. The normalized spacial score (nSPS) is 11.2. The van der Waals surface area contributed by atoms with Gasteiger partial charge in [-0.2, -0.15) is 0 Å². The number of nitrogens with one attached hydrogen (secondary N) is 1. The Kier molecular flexibility index (Phi) is 6.80. The van der Waals surface area contributed by atoms with Crippen LogP contribution < -0.4 is 9.62 Å². The van der Waals surface area contributed by atoms with E-state index in [1.165, 1.54) is 31.2 Å². The van der Waals surface area contributed by atoms with E-state index < -0.39 is 22.5 Å². The van der Waals surface area contributed by atoms with Gasteiger partial charge < -0.3 is 10.1 Å². The average Bonchev–Trinajstić information content (AvgIpc) is 2.59. The topological polar surface area (TPSA) is 92.8 Å². The standard InChI is InChI=1S/C20H24N2O5S/c1-14(2)27-20(24)13-22(19-8-6-5-7-15(19)3)28(25,26)18-11-9-17(10-12-18)21-16(4)23/h5-12,14H,13H2,1-4H3,(H,21,23). The number of benzene rings is 2. The third-order valence-corrected chi connectivity index (χ3v) is 5.56. The number of amides is 1. The Bertz CT molecular complexity index is 953. The zero-order valence-corrected chi connectivity index (χ0v) is 17.1. The van der Waals surface area contributed by atoms with E-state index in [-0.39, 0.29) is 16.9 Å². The molecule has 150 valence electrons. The summed E-state index contributed by atoms with van der Waals surface area (Å²) < 4.78 is 32.7. The predicted molar refractivity (Wildman–Crippen MR) is 108 cm³/mol. The average molecular weight is 404 g/mol. The minimum Gasteiger partial charge on any atom is -0.462 e. The maximum atomic E-state index is 13.3. The van der Waals surface area contributed by atoms with Gasteiger partial charge in [-0.15, -0.1) is 0 Å². The summed E-state index contributed by atoms with van der Waals surface area (Å²) in [5.41, 5.74) is 1.58. The van der Waals surface area contributed by atoms with Crippen molar-refractivity contribution in [2.75, 3.05) is 16.2 Å². The van der Waals surface area contributed by atoms with Crippen molar-refractivity contribution >= 4 is 33.3 Å². The van der Waals surface area contributed by atoms with Crippen LogP contribution in [0.25, 0.3) is 0 Å². The molecule has 0 bridgehead atoms. The number of hydrogen-bond donors (Lipinski definition) is 1. The molecule has 1 amide bonds. The summed E-state index contributed by atoms with van der Waals surface area (Å²) in [6.45, 7) is 6.09. The summed E-state index contributed by atoms with van der Waals surface area (Å²) in [4.78, 5) is 23.4. The predicted octanol–water partition coefficient (Wildman–Crippen LogP) is 3.10. The van der Waals surface area contributed by atoms with E-state index in [0.717, 1.165) is 4.31 Å². The fourth-order valence-corrected chi connectivity index (χ4v) is 4.07. The largest absolute Gasteiger partial charge is 0.462 e. The molecule has 2 rings (SSSR count). The van der Waals surface area contributed by atoms with Gasteiger partial charge in [-0.1, -0.05) is 18.2 Å². The molecule has 0 aromatic heterocycles. The number of carbonyl (C=O) groups excluding carboxylic acids is 2. The van der Waals surface area contributed by atoms with Crippen LogP contribution in [-0.2, 0) is 24.3 Å². The van der Waals surface area contributed by atoms with Gasteiger partial charge in [0.05, 0.1) is 16.7 Å². The van der Waals surface area contributed by atoms with Gasteiger partial charge >= 0.3 is 5.97 Å². The Morgan fingerprint density at radius 2 is 1.68 bits per heavy atom. The molecule has 0 fully saturated rings. The van der Waals surface area contributed by atoms with Gasteiger partial charge in [-0.25, -0.2) is 8.42 Å². The second-order valence-electron chi connectivity index (χ2n) is 6.54. The molecule has 2 aromatic rings. The van der Waals surface area contributed by atoms with Crippen molar-refractivity contribution in [2.24, 2.45) is 0 Å². The summed E-state index contributed by atoms with van der Waals surface area (Å²) >= 11 is 0. The maximum Gasteiger partial charge on any atom is 0.327 e. The molecule has 1 N–H and O–H groups in total. The van der Waals surface area contributed by atoms with Crippen LogP contribution in [0.2, 0.25) is 0 Å². The smallest absolute Gasteiger partial charge is 0.327 e. The molecular formula is C20H24N2O5S. The molecule has 0 aliphatic rings. The number of nitrogens with zero attached hydrogens (tertiary/aromatic N) is 1. The fourth-order valence-electron chi connectivity index (χ4n) is 2.60. The molecule has 0 heterocycles. The highest BCUT2D eigenvalue weighted by Crippen LogP contribution is 2.27. The molecule has 28 heavy (non-hydrogen) atoms. The Hall–Kier alpha value is -2.87. The van der Waals surface area contributed by atoms with E-state index in [1.807, 2.05) is 0 Å². The van der Waals surface area contributed by atoms with Crippen LogP contribution in [0, 0.1) is 6.92 Å². The van der Waals surface area contributed by atoms with Crippen molar-refractivity contribution in [3.63, 3.8) is 0 Å². The lowest BCUT2D eigenvalue weighted by atomic mass is 10.2. The van der Waals surface area contributed by atoms with Gasteiger partial charge in [-0.05, 0) is 56.7 Å². The molecule has 0 saturated heterocycles. The summed E-state index contributed by atoms with van der Waals surface area (Å²) in [6.07, 6.45) is -0.356. The summed E-state index contributed by atoms with van der Waals surface area (Å²) in [5.74, 6) is -0.898. The van der Waals surface area contributed by atoms with Gasteiger partial charge in [0.25, 0.3) is 10.0 Å². The van der Waals surface area contributed by atoms with E-state index in [9.17, 15) is 18.0 Å². The van der Waals surface area contributed by atoms with Crippen molar-refractivity contribution in [1.29, 1.82) is 0 Å². The third kappa shape index (κ3) is 5.32. The van der Waals surface area contributed by atoms with Crippen molar-refractivity contribution < 1.29 is 22.7 Å². The van der Waals surface area contributed by atoms with Crippen molar-refractivity contribution in [3.8, 4) is 0 Å². The molecule has 0 spiro atoms. The number of aryl methyl sites for hydroxylation is 1. The summed E-state index contributed by atoms with van der Waals surface area (Å²) in [7, 11) is -4.03. The lowest BCUT2D eigenvalue weighted by Crippen LogP contribution is -2.37. The SMILES string of the molecule is CC(=O)Nc1ccc(S(=O)(=O)N(CC(=O)OC(C)C)c2ccccc2C)cc1. The van der Waals surface area contributed by atoms with E-state index >= 15 is 0 Å². The van der Waals surface area contributed by atoms with E-state index in [4.69, 9.17) is 4.74 Å². The molecular weight excluding hydrogens is 380 g/mol. The van der Waals surface area contributed by atoms with E-state index in [2.05, 4.69) is 5.32 Å². The minimum absolute atomic E-state index is 0.00204. The molecule has 0 aliphatic carbocycles. The van der Waals surface area contributed by atoms with E-state index in [1.54, 1.807) is 45.0 Å². The minimum atomic E-state index is -4.03. The number of rotatable bonds is 7. The lowest BCUT2D eigenvalue weighted by Gasteiger charge is -2.25. The van der Waals surface area contributed by atoms with Crippen LogP contribution in [0.4, 0.5) is 11.4 Å². The number of esters is 1. The van der Waals surface area contributed by atoms with Crippen LogP contribution in [0.15, 0.2) is 53.4 Å². The molecule has 0 unspecified atom stereocenters. The van der Waals surface area contributed by atoms with Crippen molar-refractivity contribution in [2.45, 2.75) is 38.7 Å². The molecule has 2 aromatic carbocycles. The van der Waals surface area contributed by atoms with Gasteiger partial charge in [-0.3, -0.25) is 13.9 Å². The van der Waals surface area contributed by atoms with Crippen LogP contribution >= 0.6 is 0 Å². The quantitative estimate of drug-likeness (QED) is 0.716. The summed E-state index contributed by atoms with van der Waals surface area (Å²) in [6, 6.07) is 12.7. The Balaban J connectivity index is 2.44. The first-order valence-corrected chi connectivity index (χ1v) is 10.2. The highest BCUT2D eigenvalue weighted by atomic mass is 32.2. The number of hydrogen-bond acceptors (Lipinski definition) is 5. The van der Waals surface area contributed by atoms with Crippen LogP contribution in [0.5, 0.6) is 0 Å². The second kappa shape index (κ2) is 8.88. The number of ether oxygens (including phenoxy) is 1. The zero-order chi connectivity index (χ0) is 20.9. The number of sulfonamides is 1. The van der Waals surface area contributed by atoms with Crippen LogP contribution in [0.3, 0.4) is 0 Å². The van der Waals surface area contributed by atoms with Gasteiger partial charge in [0.1, 0.15) is 6.54 Å². The molecule has 0 saturated carbocycles. The number of anilines is 2. The third-order valence-electron chi connectivity index (χ3n) is 3.79. The molecule has 8 heteroatoms. The first kappa shape index (κ1) is 21.4. The van der Waals surface area contributed by atoms with Crippen LogP contribution in [-0.4, -0.2) is 32.9 Å². The molecule has 7 nitrogen and oxygen atoms in total. The highest BCUT2D eigenvalue weighted by Gasteiger charge is 2.29. The maximum absolute atomic E-state index is 13.3. The monoisotopic (exact) mass is 404 g/mol. The van der Waals surface area contributed by atoms with Gasteiger partial charge in [0, 0.05) is 12.6 Å². The van der Waals surface area contributed by atoms with Crippen molar-refractivity contribution in [3.05, 3.63) is 54.1 Å². The highest BCUT2D eigenvalue weighted by molar-refractivity contribution is 7.92. The zero-order valence-electron chi connectivity index (χ0n) is 16.3. The van der Waals surface area contributed by atoms with Gasteiger partial charge in [0.2, 0.25) is 5.91 Å². The van der Waals surface area contributed by atoms with E-state index in [0.29, 0.717) is 16.9 Å². The van der Waals surface area contributed by atoms with Gasteiger partial charge in [0.15, 0.2) is 0 Å². The van der Waals surface area contributed by atoms with Crippen molar-refractivity contribution in [1.82, 2.24) is 0 Å². The first-order valence-electron chi connectivity index (χ1n) is 8.76. The number of para-hydroxylation sites is 1. The molecule has 0 aliphatic heterocycles. The second-order valence-corrected chi connectivity index (χ2v) is 8.40. The lowest BCUT2D eigenvalue weighted by molar-refractivity contribution is -0.145. The Morgan fingerprint density at radius 3 is 2.21 bits per heavy atom. The summed E-state index contributed by atoms with van der Waals surface area (Å²) in [5, 5.41) is 2.59. The Labute approximate surface area is 165 Å². The molecule has 0 atom stereocenters. The fraction of sp³-hybridized carbons (Fsp3) is 0.300. The Morgan fingerprint density at radius 1 is 1.07 bits per heavy atom. The number of carbonyl (C=O) groups is 2. The molecule has 0 radical (unpaired) electrons.